The van der Waals surface area contributed by atoms with Gasteiger partial charge < -0.3 is 4.90 Å². The largest absolute Gasteiger partial charge is 0.308 e. The van der Waals surface area contributed by atoms with E-state index in [-0.39, 0.29) is 5.56 Å². The fourth-order valence-electron chi connectivity index (χ4n) is 3.02. The predicted molar refractivity (Wildman–Crippen MR) is 86.8 cm³/mol. The summed E-state index contributed by atoms with van der Waals surface area (Å²) in [5.74, 6) is -4.42. The maximum absolute atomic E-state index is 13.4. The van der Waals surface area contributed by atoms with Crippen molar-refractivity contribution in [3.8, 4) is 0 Å². The quantitative estimate of drug-likeness (QED) is 0.722. The van der Waals surface area contributed by atoms with Gasteiger partial charge in [0, 0.05) is 17.8 Å². The molecule has 1 heterocycles. The van der Waals surface area contributed by atoms with E-state index < -0.39 is 23.4 Å². The van der Waals surface area contributed by atoms with E-state index in [0.717, 1.165) is 36.2 Å². The van der Waals surface area contributed by atoms with E-state index in [1.54, 1.807) is 0 Å². The molecule has 2 nitrogen and oxygen atoms in total. The van der Waals surface area contributed by atoms with E-state index in [9.17, 15) is 18.0 Å². The predicted octanol–water partition coefficient (Wildman–Crippen LogP) is 4.82. The minimum Gasteiger partial charge on any atom is -0.308 e. The molecular formula is C19H18F3NO. The van der Waals surface area contributed by atoms with Gasteiger partial charge in [-0.1, -0.05) is 26.0 Å². The molecule has 1 aliphatic rings. The van der Waals surface area contributed by atoms with E-state index >= 15 is 0 Å². The van der Waals surface area contributed by atoms with Crippen LogP contribution in [0.4, 0.5) is 18.9 Å². The van der Waals surface area contributed by atoms with Gasteiger partial charge in [-0.25, -0.2) is 13.2 Å². The number of aryl methyl sites for hydroxylation is 1. The summed E-state index contributed by atoms with van der Waals surface area (Å²) < 4.78 is 39.9. The van der Waals surface area contributed by atoms with Gasteiger partial charge >= 0.3 is 0 Å². The van der Waals surface area contributed by atoms with Crippen molar-refractivity contribution in [2.75, 3.05) is 11.4 Å². The lowest BCUT2D eigenvalue weighted by Crippen LogP contribution is -2.35. The Morgan fingerprint density at radius 3 is 2.38 bits per heavy atom. The molecule has 2 aromatic carbocycles. The van der Waals surface area contributed by atoms with Crippen LogP contribution in [-0.4, -0.2) is 12.5 Å². The molecule has 0 aromatic heterocycles. The van der Waals surface area contributed by atoms with Crippen molar-refractivity contribution in [2.24, 2.45) is 0 Å². The second kappa shape index (κ2) is 6.30. The summed E-state index contributed by atoms with van der Waals surface area (Å²) in [5.41, 5.74) is 2.79. The van der Waals surface area contributed by atoms with Crippen molar-refractivity contribution < 1.29 is 18.0 Å². The van der Waals surface area contributed by atoms with Crippen molar-refractivity contribution in [1.29, 1.82) is 0 Å². The van der Waals surface area contributed by atoms with Crippen molar-refractivity contribution in [3.05, 3.63) is 64.5 Å². The summed E-state index contributed by atoms with van der Waals surface area (Å²) in [6.07, 6.45) is 1.62. The lowest BCUT2D eigenvalue weighted by molar-refractivity contribution is 0.0984. The van der Waals surface area contributed by atoms with Crippen LogP contribution in [0.25, 0.3) is 0 Å². The average Bonchev–Trinajstić information content (AvgIpc) is 2.57. The van der Waals surface area contributed by atoms with Gasteiger partial charge in [0.2, 0.25) is 0 Å². The highest BCUT2D eigenvalue weighted by Crippen LogP contribution is 2.31. The Morgan fingerprint density at radius 2 is 1.75 bits per heavy atom. The molecule has 2 aromatic rings. The van der Waals surface area contributed by atoms with Gasteiger partial charge in [0.1, 0.15) is 0 Å². The number of benzene rings is 2. The third-order valence-electron chi connectivity index (χ3n) is 4.36. The molecule has 0 aliphatic carbocycles. The molecule has 0 unspecified atom stereocenters. The molecule has 0 bridgehead atoms. The average molecular weight is 333 g/mol. The first-order valence-electron chi connectivity index (χ1n) is 7.97. The molecule has 0 N–H and O–H groups in total. The zero-order valence-corrected chi connectivity index (χ0v) is 13.6. The number of fused-ring (bicyclic) bond motifs is 1. The van der Waals surface area contributed by atoms with Crippen LogP contribution in [0.15, 0.2) is 30.3 Å². The van der Waals surface area contributed by atoms with E-state index in [0.29, 0.717) is 12.5 Å². The molecule has 0 spiro atoms. The lowest BCUT2D eigenvalue weighted by Gasteiger charge is -2.30. The topological polar surface area (TPSA) is 20.3 Å². The first-order chi connectivity index (χ1) is 11.4. The smallest absolute Gasteiger partial charge is 0.258 e. The number of halogens is 3. The van der Waals surface area contributed by atoms with Crippen LogP contribution in [0, 0.1) is 17.5 Å². The van der Waals surface area contributed by atoms with E-state index in [1.807, 2.05) is 12.1 Å². The van der Waals surface area contributed by atoms with Gasteiger partial charge in [-0.2, -0.15) is 0 Å². The number of carbonyl (C=O) groups is 1. The summed E-state index contributed by atoms with van der Waals surface area (Å²) in [4.78, 5) is 14.2. The number of amides is 1. The molecule has 126 valence electrons. The molecule has 0 radical (unpaired) electrons. The van der Waals surface area contributed by atoms with Crippen LogP contribution in [0.3, 0.4) is 0 Å². The molecule has 3 rings (SSSR count). The Bertz CT molecular complexity index is 778. The number of hydrogen-bond donors (Lipinski definition) is 0. The number of carbonyl (C=O) groups excluding carboxylic acids is 1. The number of anilines is 1. The lowest BCUT2D eigenvalue weighted by atomic mass is 9.94. The monoisotopic (exact) mass is 333 g/mol. The van der Waals surface area contributed by atoms with Gasteiger partial charge in [0.25, 0.3) is 5.91 Å². The Labute approximate surface area is 138 Å². The van der Waals surface area contributed by atoms with Crippen LogP contribution in [-0.2, 0) is 6.42 Å². The second-order valence-electron chi connectivity index (χ2n) is 6.36. The Kier molecular flexibility index (Phi) is 4.35. The second-order valence-corrected chi connectivity index (χ2v) is 6.36. The van der Waals surface area contributed by atoms with Gasteiger partial charge in [0.15, 0.2) is 17.5 Å². The summed E-state index contributed by atoms with van der Waals surface area (Å²) >= 11 is 0. The molecule has 0 fully saturated rings. The fourth-order valence-corrected chi connectivity index (χ4v) is 3.02. The van der Waals surface area contributed by atoms with E-state index in [2.05, 4.69) is 19.9 Å². The third-order valence-corrected chi connectivity index (χ3v) is 4.36. The summed E-state index contributed by atoms with van der Waals surface area (Å²) in [7, 11) is 0. The summed E-state index contributed by atoms with van der Waals surface area (Å²) in [5, 5.41) is 0. The zero-order valence-electron chi connectivity index (χ0n) is 13.6. The SMILES string of the molecule is CC(C)c1ccc2c(c1)CCCN2C(=O)c1cc(F)c(F)c(F)c1. The molecule has 0 saturated heterocycles. The molecule has 1 amide bonds. The summed E-state index contributed by atoms with van der Waals surface area (Å²) in [6.45, 7) is 4.66. The Morgan fingerprint density at radius 1 is 1.08 bits per heavy atom. The van der Waals surface area contributed by atoms with E-state index in [4.69, 9.17) is 0 Å². The first kappa shape index (κ1) is 16.6. The molecular weight excluding hydrogens is 315 g/mol. The maximum Gasteiger partial charge on any atom is 0.258 e. The maximum atomic E-state index is 13.4. The molecule has 0 atom stereocenters. The Balaban J connectivity index is 1.98. The van der Waals surface area contributed by atoms with Crippen molar-refractivity contribution in [1.82, 2.24) is 0 Å². The van der Waals surface area contributed by atoms with Crippen LogP contribution < -0.4 is 4.90 Å². The van der Waals surface area contributed by atoms with E-state index in [1.165, 1.54) is 10.5 Å². The van der Waals surface area contributed by atoms with Gasteiger partial charge in [-0.05, 0) is 48.1 Å². The fraction of sp³-hybridized carbons (Fsp3) is 0.316. The standard InChI is InChI=1S/C19H18F3NO/c1-11(2)12-5-6-17-13(8-12)4-3-7-23(17)19(24)14-9-15(20)18(22)16(21)10-14/h5-6,8-11H,3-4,7H2,1-2H3. The minimum absolute atomic E-state index is 0.188. The third kappa shape index (κ3) is 2.90. The molecule has 5 heteroatoms. The van der Waals surface area contributed by atoms with Crippen molar-refractivity contribution in [2.45, 2.75) is 32.6 Å². The summed E-state index contributed by atoms with van der Waals surface area (Å²) in [6, 6.07) is 7.40. The van der Waals surface area contributed by atoms with Crippen LogP contribution >= 0.6 is 0 Å². The number of hydrogen-bond acceptors (Lipinski definition) is 1. The molecule has 1 aliphatic heterocycles. The number of rotatable bonds is 2. The molecule has 0 saturated carbocycles. The highest BCUT2D eigenvalue weighted by Gasteiger charge is 2.25. The zero-order chi connectivity index (χ0) is 17.4. The normalized spacial score (nSPS) is 14.0. The Hall–Kier alpha value is -2.30. The first-order valence-corrected chi connectivity index (χ1v) is 7.97. The minimum atomic E-state index is -1.56. The van der Waals surface area contributed by atoms with Gasteiger partial charge in [-0.3, -0.25) is 4.79 Å². The van der Waals surface area contributed by atoms with Crippen molar-refractivity contribution in [3.63, 3.8) is 0 Å². The highest BCUT2D eigenvalue weighted by atomic mass is 19.2. The van der Waals surface area contributed by atoms with Gasteiger partial charge in [-0.15, -0.1) is 0 Å². The van der Waals surface area contributed by atoms with Crippen molar-refractivity contribution >= 4 is 11.6 Å². The molecule has 24 heavy (non-hydrogen) atoms. The highest BCUT2D eigenvalue weighted by molar-refractivity contribution is 6.06. The van der Waals surface area contributed by atoms with Crippen LogP contribution in [0.5, 0.6) is 0 Å². The van der Waals surface area contributed by atoms with Crippen LogP contribution in [0.2, 0.25) is 0 Å². The number of nitrogens with zero attached hydrogens (tertiary/aromatic N) is 1. The van der Waals surface area contributed by atoms with Crippen LogP contribution in [0.1, 0.15) is 47.7 Å². The van der Waals surface area contributed by atoms with Gasteiger partial charge in [0.05, 0.1) is 0 Å².